The Hall–Kier alpha value is -1.43. The molecular weight excluding hydrogens is 272 g/mol. The predicted molar refractivity (Wildman–Crippen MR) is 74.4 cm³/mol. The van der Waals surface area contributed by atoms with Crippen LogP contribution in [0.15, 0.2) is 0 Å². The normalized spacial score (nSPS) is 27.5. The fraction of sp³-hybridized carbons (Fsp3) is 0.800. The fourth-order valence-electron chi connectivity index (χ4n) is 3.76. The monoisotopic (exact) mass is 294 g/mol. The van der Waals surface area contributed by atoms with Crippen LogP contribution in [0.4, 0.5) is 4.79 Å². The number of barbiturate groups is 1. The van der Waals surface area contributed by atoms with E-state index in [0.717, 1.165) is 38.5 Å². The average molecular weight is 294 g/mol. The quantitative estimate of drug-likeness (QED) is 0.802. The van der Waals surface area contributed by atoms with Crippen LogP contribution in [-0.4, -0.2) is 42.0 Å². The van der Waals surface area contributed by atoms with Gasteiger partial charge < -0.3 is 4.74 Å². The SMILES string of the molecule is COC1(CN2C(=O)NC(=O)C3(CCCCC3)C2=O)CCC1. The summed E-state index contributed by atoms with van der Waals surface area (Å²) in [5, 5.41) is 2.39. The Kier molecular flexibility index (Phi) is 3.51. The van der Waals surface area contributed by atoms with Crippen LogP contribution in [0.2, 0.25) is 0 Å². The molecular formula is C15H22N2O4. The molecule has 4 amide bonds. The third kappa shape index (κ3) is 2.16. The van der Waals surface area contributed by atoms with E-state index in [1.807, 2.05) is 0 Å². The molecule has 1 N–H and O–H groups in total. The van der Waals surface area contributed by atoms with Crippen LogP contribution in [0.3, 0.4) is 0 Å². The lowest BCUT2D eigenvalue weighted by atomic mass is 9.70. The van der Waals surface area contributed by atoms with Gasteiger partial charge in [-0.15, -0.1) is 0 Å². The van der Waals surface area contributed by atoms with Crippen molar-refractivity contribution in [2.24, 2.45) is 5.41 Å². The van der Waals surface area contributed by atoms with Gasteiger partial charge in [0.15, 0.2) is 0 Å². The van der Waals surface area contributed by atoms with E-state index in [0.29, 0.717) is 12.8 Å². The Balaban J connectivity index is 1.84. The first-order valence-corrected chi connectivity index (χ1v) is 7.76. The summed E-state index contributed by atoms with van der Waals surface area (Å²) in [6.07, 6.45) is 6.58. The van der Waals surface area contributed by atoms with Gasteiger partial charge in [-0.25, -0.2) is 4.79 Å². The molecule has 3 rings (SSSR count). The lowest BCUT2D eigenvalue weighted by Crippen LogP contribution is -2.67. The summed E-state index contributed by atoms with van der Waals surface area (Å²) in [6, 6.07) is -0.593. The molecule has 1 spiro atoms. The summed E-state index contributed by atoms with van der Waals surface area (Å²) >= 11 is 0. The topological polar surface area (TPSA) is 75.7 Å². The molecule has 3 aliphatic rings. The largest absolute Gasteiger partial charge is 0.376 e. The van der Waals surface area contributed by atoms with Gasteiger partial charge in [0.05, 0.1) is 12.1 Å². The van der Waals surface area contributed by atoms with Crippen LogP contribution in [-0.2, 0) is 14.3 Å². The van der Waals surface area contributed by atoms with Crippen LogP contribution >= 0.6 is 0 Å². The molecule has 0 atom stereocenters. The summed E-state index contributed by atoms with van der Waals surface area (Å²) in [5.41, 5.74) is -1.44. The highest BCUT2D eigenvalue weighted by molar-refractivity contribution is 6.19. The van der Waals surface area contributed by atoms with Crippen LogP contribution in [0, 0.1) is 5.41 Å². The van der Waals surface area contributed by atoms with E-state index in [1.54, 1.807) is 7.11 Å². The van der Waals surface area contributed by atoms with Crippen molar-refractivity contribution in [3.8, 4) is 0 Å². The van der Waals surface area contributed by atoms with E-state index in [-0.39, 0.29) is 12.5 Å². The van der Waals surface area contributed by atoms with Crippen molar-refractivity contribution in [1.82, 2.24) is 10.2 Å². The Morgan fingerprint density at radius 2 is 1.71 bits per heavy atom. The number of carbonyl (C=O) groups excluding carboxylic acids is 3. The van der Waals surface area contributed by atoms with Gasteiger partial charge in [-0.05, 0) is 32.1 Å². The Morgan fingerprint density at radius 1 is 1.05 bits per heavy atom. The van der Waals surface area contributed by atoms with E-state index in [4.69, 9.17) is 4.74 Å². The van der Waals surface area contributed by atoms with Crippen molar-refractivity contribution in [3.05, 3.63) is 0 Å². The van der Waals surface area contributed by atoms with E-state index in [1.165, 1.54) is 4.90 Å². The number of carbonyl (C=O) groups is 3. The number of ether oxygens (including phenoxy) is 1. The summed E-state index contributed by atoms with van der Waals surface area (Å²) in [5.74, 6) is -0.729. The Labute approximate surface area is 124 Å². The molecule has 1 saturated heterocycles. The maximum atomic E-state index is 12.8. The first kappa shape index (κ1) is 14.5. The highest BCUT2D eigenvalue weighted by Crippen LogP contribution is 2.42. The molecule has 1 aliphatic heterocycles. The maximum Gasteiger partial charge on any atom is 0.330 e. The zero-order chi connectivity index (χ0) is 15.1. The molecule has 6 heteroatoms. The Morgan fingerprint density at radius 3 is 2.24 bits per heavy atom. The molecule has 0 bridgehead atoms. The van der Waals surface area contributed by atoms with Crippen molar-refractivity contribution < 1.29 is 19.1 Å². The molecule has 0 unspecified atom stereocenters. The van der Waals surface area contributed by atoms with Crippen molar-refractivity contribution in [3.63, 3.8) is 0 Å². The van der Waals surface area contributed by atoms with Gasteiger partial charge in [-0.2, -0.15) is 0 Å². The van der Waals surface area contributed by atoms with Gasteiger partial charge in [0.25, 0.3) is 0 Å². The van der Waals surface area contributed by atoms with E-state index >= 15 is 0 Å². The number of methoxy groups -OCH3 is 1. The summed E-state index contributed by atoms with van der Waals surface area (Å²) in [4.78, 5) is 38.4. The van der Waals surface area contributed by atoms with E-state index < -0.39 is 23.0 Å². The zero-order valence-electron chi connectivity index (χ0n) is 12.4. The maximum absolute atomic E-state index is 12.8. The molecule has 0 aromatic heterocycles. The molecule has 0 aromatic rings. The Bertz CT molecular complexity index is 473. The lowest BCUT2D eigenvalue weighted by Gasteiger charge is -2.47. The number of nitrogens with one attached hydrogen (secondary N) is 1. The van der Waals surface area contributed by atoms with Crippen molar-refractivity contribution in [2.75, 3.05) is 13.7 Å². The minimum Gasteiger partial charge on any atom is -0.376 e. The minimum absolute atomic E-state index is 0.253. The number of nitrogens with zero attached hydrogens (tertiary/aromatic N) is 1. The molecule has 3 fully saturated rings. The summed E-state index contributed by atoms with van der Waals surface area (Å²) in [7, 11) is 1.62. The first-order valence-electron chi connectivity index (χ1n) is 7.76. The van der Waals surface area contributed by atoms with Crippen LogP contribution in [0.1, 0.15) is 51.4 Å². The van der Waals surface area contributed by atoms with E-state index in [2.05, 4.69) is 5.32 Å². The lowest BCUT2D eigenvalue weighted by molar-refractivity contribution is -0.159. The minimum atomic E-state index is -1.02. The van der Waals surface area contributed by atoms with Crippen LogP contribution in [0.5, 0.6) is 0 Å². The molecule has 2 saturated carbocycles. The van der Waals surface area contributed by atoms with Gasteiger partial charge >= 0.3 is 6.03 Å². The zero-order valence-corrected chi connectivity index (χ0v) is 12.4. The number of urea groups is 1. The van der Waals surface area contributed by atoms with Gasteiger partial charge in [-0.1, -0.05) is 19.3 Å². The third-order valence-electron chi connectivity index (χ3n) is 5.41. The van der Waals surface area contributed by atoms with Gasteiger partial charge in [0, 0.05) is 7.11 Å². The van der Waals surface area contributed by atoms with Crippen molar-refractivity contribution in [1.29, 1.82) is 0 Å². The van der Waals surface area contributed by atoms with Gasteiger partial charge in [0.1, 0.15) is 5.41 Å². The number of rotatable bonds is 3. The van der Waals surface area contributed by atoms with Crippen molar-refractivity contribution in [2.45, 2.75) is 57.0 Å². The second-order valence-electron chi connectivity index (χ2n) is 6.53. The van der Waals surface area contributed by atoms with Crippen LogP contribution < -0.4 is 5.32 Å². The van der Waals surface area contributed by atoms with Gasteiger partial charge in [-0.3, -0.25) is 19.8 Å². The smallest absolute Gasteiger partial charge is 0.330 e. The average Bonchev–Trinajstić information content (AvgIpc) is 2.45. The molecule has 0 aromatic carbocycles. The first-order chi connectivity index (χ1) is 10.0. The van der Waals surface area contributed by atoms with E-state index in [9.17, 15) is 14.4 Å². The second kappa shape index (κ2) is 5.09. The predicted octanol–water partition coefficient (Wildman–Crippen LogP) is 1.58. The number of imide groups is 2. The molecule has 116 valence electrons. The van der Waals surface area contributed by atoms with Crippen molar-refractivity contribution >= 4 is 17.8 Å². The second-order valence-corrected chi connectivity index (χ2v) is 6.53. The fourth-order valence-corrected chi connectivity index (χ4v) is 3.76. The molecule has 1 heterocycles. The highest BCUT2D eigenvalue weighted by atomic mass is 16.5. The standard InChI is InChI=1S/C15H22N2O4/c1-21-14(6-5-7-14)10-17-12(19)15(8-3-2-4-9-15)11(18)16-13(17)20/h2-10H2,1H3,(H,16,18,20). The number of amides is 4. The molecule has 0 radical (unpaired) electrons. The molecule has 6 nitrogen and oxygen atoms in total. The van der Waals surface area contributed by atoms with Crippen LogP contribution in [0.25, 0.3) is 0 Å². The summed E-state index contributed by atoms with van der Waals surface area (Å²) < 4.78 is 5.52. The number of hydrogen-bond donors (Lipinski definition) is 1. The number of hydrogen-bond acceptors (Lipinski definition) is 4. The molecule has 21 heavy (non-hydrogen) atoms. The molecule has 2 aliphatic carbocycles. The third-order valence-corrected chi connectivity index (χ3v) is 5.41. The van der Waals surface area contributed by atoms with Gasteiger partial charge in [0.2, 0.25) is 11.8 Å². The summed E-state index contributed by atoms with van der Waals surface area (Å²) in [6.45, 7) is 0.253. The highest BCUT2D eigenvalue weighted by Gasteiger charge is 2.55.